The van der Waals surface area contributed by atoms with Crippen LogP contribution in [0.1, 0.15) is 47.0 Å². The number of aliphatic hydroxyl groups excluding tert-OH is 1. The highest BCUT2D eigenvalue weighted by Gasteiger charge is 2.53. The van der Waals surface area contributed by atoms with Crippen LogP contribution in [0.2, 0.25) is 0 Å². The van der Waals surface area contributed by atoms with E-state index in [1.165, 1.54) is 12.5 Å². The van der Waals surface area contributed by atoms with Crippen molar-refractivity contribution in [2.24, 2.45) is 23.2 Å². The Bertz CT molecular complexity index is 456. The summed E-state index contributed by atoms with van der Waals surface area (Å²) >= 11 is 0. The molecule has 0 aromatic rings. The lowest BCUT2D eigenvalue weighted by molar-refractivity contribution is -0.159. The molecule has 0 spiro atoms. The summed E-state index contributed by atoms with van der Waals surface area (Å²) in [6, 6.07) is 0. The van der Waals surface area contributed by atoms with Gasteiger partial charge in [0.1, 0.15) is 12.4 Å². The van der Waals surface area contributed by atoms with E-state index in [-0.39, 0.29) is 35.2 Å². The van der Waals surface area contributed by atoms with Gasteiger partial charge in [-0.3, -0.25) is 4.79 Å². The molecule has 1 saturated carbocycles. The van der Waals surface area contributed by atoms with Gasteiger partial charge in [-0.05, 0) is 30.6 Å². The van der Waals surface area contributed by atoms with Crippen LogP contribution in [0, 0.1) is 23.2 Å². The van der Waals surface area contributed by atoms with Gasteiger partial charge in [0.15, 0.2) is 0 Å². The Hall–Kier alpha value is -1.16. The molecular weight excluding hydrogens is 268 g/mol. The molecule has 6 unspecified atom stereocenters. The molecule has 21 heavy (non-hydrogen) atoms. The molecule has 6 atom stereocenters. The molecule has 2 rings (SSSR count). The Kier molecular flexibility index (Phi) is 4.57. The first kappa shape index (κ1) is 16.2. The maximum Gasteiger partial charge on any atom is 0.302 e. The van der Waals surface area contributed by atoms with Crippen LogP contribution >= 0.6 is 0 Å². The zero-order valence-electron chi connectivity index (χ0n) is 13.3. The van der Waals surface area contributed by atoms with Gasteiger partial charge in [0.2, 0.25) is 0 Å². The Labute approximate surface area is 126 Å². The fraction of sp³-hybridized carbons (Fsp3) is 0.765. The van der Waals surface area contributed by atoms with Crippen molar-refractivity contribution < 1.29 is 19.4 Å². The third kappa shape index (κ3) is 2.78. The smallest absolute Gasteiger partial charge is 0.302 e. The molecule has 0 amide bonds. The maximum absolute atomic E-state index is 11.4. The second kappa shape index (κ2) is 5.91. The first-order valence-electron chi connectivity index (χ1n) is 7.82. The number of hydrogen-bond acceptors (Lipinski definition) is 4. The standard InChI is InChI=1S/C17H26O4/c1-10(9-18)16-15(21-12(3)19)6-5-13-8-14(20)7-11(2)17(13,16)4/h8-11,14-16,20H,5-7H2,1-4H3. The van der Waals surface area contributed by atoms with Crippen LogP contribution in [0.5, 0.6) is 0 Å². The zero-order valence-corrected chi connectivity index (χ0v) is 13.3. The van der Waals surface area contributed by atoms with Crippen molar-refractivity contribution >= 4 is 12.3 Å². The van der Waals surface area contributed by atoms with Crippen molar-refractivity contribution in [3.05, 3.63) is 11.6 Å². The summed E-state index contributed by atoms with van der Waals surface area (Å²) in [4.78, 5) is 22.8. The molecule has 0 saturated heterocycles. The molecule has 2 aliphatic carbocycles. The van der Waals surface area contributed by atoms with Gasteiger partial charge < -0.3 is 14.6 Å². The lowest BCUT2D eigenvalue weighted by atomic mass is 9.52. The summed E-state index contributed by atoms with van der Waals surface area (Å²) in [6.07, 6.45) is 4.53. The molecule has 0 bridgehead atoms. The molecule has 0 aliphatic heterocycles. The first-order valence-corrected chi connectivity index (χ1v) is 7.82. The second-order valence-corrected chi connectivity index (χ2v) is 6.89. The summed E-state index contributed by atoms with van der Waals surface area (Å²) in [6.45, 7) is 7.61. The Morgan fingerprint density at radius 1 is 1.57 bits per heavy atom. The molecule has 0 heterocycles. The minimum atomic E-state index is -0.402. The van der Waals surface area contributed by atoms with Gasteiger partial charge in [-0.25, -0.2) is 0 Å². The maximum atomic E-state index is 11.4. The lowest BCUT2D eigenvalue weighted by Crippen LogP contribution is -2.52. The average molecular weight is 294 g/mol. The molecule has 0 aromatic carbocycles. The van der Waals surface area contributed by atoms with E-state index in [2.05, 4.69) is 13.8 Å². The molecule has 118 valence electrons. The highest BCUT2D eigenvalue weighted by molar-refractivity contribution is 5.66. The van der Waals surface area contributed by atoms with E-state index in [0.717, 1.165) is 19.1 Å². The number of esters is 1. The summed E-state index contributed by atoms with van der Waals surface area (Å²) in [5.41, 5.74) is 1.02. The summed E-state index contributed by atoms with van der Waals surface area (Å²) < 4.78 is 5.53. The Balaban J connectivity index is 2.44. The zero-order chi connectivity index (χ0) is 15.8. The normalized spacial score (nSPS) is 40.7. The van der Waals surface area contributed by atoms with E-state index in [0.29, 0.717) is 6.42 Å². The number of aliphatic hydroxyl groups is 1. The number of fused-ring (bicyclic) bond motifs is 1. The minimum absolute atomic E-state index is 0.0265. The van der Waals surface area contributed by atoms with Crippen LogP contribution in [-0.2, 0) is 14.3 Å². The molecule has 4 heteroatoms. The monoisotopic (exact) mass is 294 g/mol. The van der Waals surface area contributed by atoms with E-state index in [4.69, 9.17) is 4.74 Å². The number of carbonyl (C=O) groups is 2. The van der Waals surface area contributed by atoms with Crippen molar-refractivity contribution in [2.45, 2.75) is 59.2 Å². The number of allylic oxidation sites excluding steroid dienone is 1. The van der Waals surface area contributed by atoms with Gasteiger partial charge in [-0.2, -0.15) is 0 Å². The second-order valence-electron chi connectivity index (χ2n) is 6.89. The highest BCUT2D eigenvalue weighted by atomic mass is 16.5. The fourth-order valence-electron chi connectivity index (χ4n) is 4.48. The summed E-state index contributed by atoms with van der Waals surface area (Å²) in [5, 5.41) is 10.00. The van der Waals surface area contributed by atoms with E-state index in [9.17, 15) is 14.7 Å². The van der Waals surface area contributed by atoms with Crippen LogP contribution in [0.4, 0.5) is 0 Å². The van der Waals surface area contributed by atoms with E-state index < -0.39 is 6.10 Å². The van der Waals surface area contributed by atoms with Gasteiger partial charge in [0.05, 0.1) is 6.10 Å². The summed E-state index contributed by atoms with van der Waals surface area (Å²) in [5.74, 6) is -0.247. The molecular formula is C17H26O4. The minimum Gasteiger partial charge on any atom is -0.462 e. The number of carbonyl (C=O) groups excluding carboxylic acids is 2. The number of aldehydes is 1. The predicted molar refractivity (Wildman–Crippen MR) is 79.5 cm³/mol. The van der Waals surface area contributed by atoms with Gasteiger partial charge >= 0.3 is 5.97 Å². The van der Waals surface area contributed by atoms with E-state index in [1.54, 1.807) is 0 Å². The van der Waals surface area contributed by atoms with E-state index >= 15 is 0 Å². The van der Waals surface area contributed by atoms with Crippen molar-refractivity contribution in [3.8, 4) is 0 Å². The lowest BCUT2D eigenvalue weighted by Gasteiger charge is -2.54. The fourth-order valence-corrected chi connectivity index (χ4v) is 4.48. The van der Waals surface area contributed by atoms with Crippen LogP contribution in [0.15, 0.2) is 11.6 Å². The largest absolute Gasteiger partial charge is 0.462 e. The van der Waals surface area contributed by atoms with Gasteiger partial charge in [0.25, 0.3) is 0 Å². The number of hydrogen-bond donors (Lipinski definition) is 1. The third-order valence-corrected chi connectivity index (χ3v) is 5.59. The SMILES string of the molecule is CC(=O)OC1CCC2=CC(O)CC(C)C2(C)C1C(C)C=O. The number of ether oxygens (including phenoxy) is 1. The quantitative estimate of drug-likeness (QED) is 0.493. The molecule has 0 radical (unpaired) electrons. The van der Waals surface area contributed by atoms with Crippen molar-refractivity contribution in [3.63, 3.8) is 0 Å². The topological polar surface area (TPSA) is 63.6 Å². The van der Waals surface area contributed by atoms with Crippen molar-refractivity contribution in [1.29, 1.82) is 0 Å². The molecule has 4 nitrogen and oxygen atoms in total. The van der Waals surface area contributed by atoms with Gasteiger partial charge in [0, 0.05) is 18.8 Å². The van der Waals surface area contributed by atoms with Gasteiger partial charge in [-0.15, -0.1) is 0 Å². The summed E-state index contributed by atoms with van der Waals surface area (Å²) in [7, 11) is 0. The van der Waals surface area contributed by atoms with Crippen molar-refractivity contribution in [1.82, 2.24) is 0 Å². The van der Waals surface area contributed by atoms with E-state index in [1.807, 2.05) is 13.0 Å². The molecule has 1 fully saturated rings. The average Bonchev–Trinajstić information content (AvgIpc) is 2.39. The van der Waals surface area contributed by atoms with Crippen molar-refractivity contribution in [2.75, 3.05) is 0 Å². The molecule has 1 N–H and O–H groups in total. The highest BCUT2D eigenvalue weighted by Crippen LogP contribution is 2.56. The third-order valence-electron chi connectivity index (χ3n) is 5.59. The van der Waals surface area contributed by atoms with Crippen LogP contribution in [-0.4, -0.2) is 29.6 Å². The van der Waals surface area contributed by atoms with Crippen LogP contribution in [0.25, 0.3) is 0 Å². The van der Waals surface area contributed by atoms with Crippen LogP contribution < -0.4 is 0 Å². The predicted octanol–water partition coefficient (Wildman–Crippen LogP) is 2.50. The van der Waals surface area contributed by atoms with Gasteiger partial charge in [-0.1, -0.05) is 32.4 Å². The Morgan fingerprint density at radius 3 is 2.81 bits per heavy atom. The van der Waals surface area contributed by atoms with Crippen LogP contribution in [0.3, 0.4) is 0 Å². The Morgan fingerprint density at radius 2 is 2.24 bits per heavy atom. The molecule has 0 aromatic heterocycles. The first-order chi connectivity index (χ1) is 9.80. The molecule has 2 aliphatic rings. The number of rotatable bonds is 3.